The highest BCUT2D eigenvalue weighted by molar-refractivity contribution is 9.10. The molecule has 1 unspecified atom stereocenters. The Bertz CT molecular complexity index is 433. The maximum atomic E-state index is 12.3. The zero-order valence-electron chi connectivity index (χ0n) is 9.95. The molecule has 1 aliphatic rings. The van der Waals surface area contributed by atoms with E-state index in [0.717, 1.165) is 30.4 Å². The van der Waals surface area contributed by atoms with Crippen LogP contribution in [-0.2, 0) is 0 Å². The lowest BCUT2D eigenvalue weighted by Gasteiger charge is -2.17. The molecule has 0 saturated carbocycles. The zero-order valence-corrected chi connectivity index (χ0v) is 11.5. The van der Waals surface area contributed by atoms with Gasteiger partial charge in [-0.1, -0.05) is 29.3 Å². The molecule has 0 bridgehead atoms. The summed E-state index contributed by atoms with van der Waals surface area (Å²) in [7, 11) is 0. The second-order valence-electron chi connectivity index (χ2n) is 4.55. The van der Waals surface area contributed by atoms with E-state index in [1.54, 1.807) is 12.1 Å². The fraction of sp³-hybridized carbons (Fsp3) is 0.462. The summed E-state index contributed by atoms with van der Waals surface area (Å²) in [5, 5.41) is 0. The number of carbonyl (C=O) groups is 1. The normalized spacial score (nSPS) is 19.6. The molecular formula is C13H17BrN2O. The Kier molecular flexibility index (Phi) is 3.72. The van der Waals surface area contributed by atoms with Gasteiger partial charge in [-0.2, -0.15) is 0 Å². The van der Waals surface area contributed by atoms with E-state index in [2.05, 4.69) is 22.9 Å². The van der Waals surface area contributed by atoms with Crippen LogP contribution in [0.15, 0.2) is 22.7 Å². The molecule has 1 amide bonds. The van der Waals surface area contributed by atoms with Gasteiger partial charge < -0.3 is 10.6 Å². The number of rotatable bonds is 2. The van der Waals surface area contributed by atoms with Crippen molar-refractivity contribution in [3.05, 3.63) is 28.2 Å². The Hall–Kier alpha value is -1.03. The van der Waals surface area contributed by atoms with E-state index in [4.69, 9.17) is 5.73 Å². The van der Waals surface area contributed by atoms with Crippen molar-refractivity contribution in [2.75, 3.05) is 18.8 Å². The van der Waals surface area contributed by atoms with Gasteiger partial charge in [0.1, 0.15) is 0 Å². The molecule has 1 heterocycles. The molecule has 4 heteroatoms. The smallest absolute Gasteiger partial charge is 0.255 e. The number of nitrogens with two attached hydrogens (primary N) is 1. The van der Waals surface area contributed by atoms with Gasteiger partial charge >= 0.3 is 0 Å². The Balaban J connectivity index is 2.15. The van der Waals surface area contributed by atoms with E-state index < -0.39 is 0 Å². The number of halogens is 1. The molecule has 17 heavy (non-hydrogen) atoms. The first-order chi connectivity index (χ1) is 8.11. The van der Waals surface area contributed by atoms with Crippen LogP contribution in [0, 0.1) is 5.92 Å². The third-order valence-electron chi connectivity index (χ3n) is 3.39. The highest BCUT2D eigenvalue weighted by Gasteiger charge is 2.26. The van der Waals surface area contributed by atoms with Crippen molar-refractivity contribution >= 4 is 27.5 Å². The van der Waals surface area contributed by atoms with Gasteiger partial charge in [-0.3, -0.25) is 4.79 Å². The van der Waals surface area contributed by atoms with Crippen LogP contribution >= 0.6 is 15.9 Å². The Morgan fingerprint density at radius 3 is 2.94 bits per heavy atom. The summed E-state index contributed by atoms with van der Waals surface area (Å²) in [6, 6.07) is 5.43. The standard InChI is InChI=1S/C13H17BrN2O/c1-2-9-5-6-16(8-9)13(17)11-4-3-10(14)7-12(11)15/h3-4,7,9H,2,5-6,8,15H2,1H3. The maximum absolute atomic E-state index is 12.3. The van der Waals surface area contributed by atoms with Crippen molar-refractivity contribution in [3.8, 4) is 0 Å². The fourth-order valence-electron chi connectivity index (χ4n) is 2.25. The van der Waals surface area contributed by atoms with Gasteiger partial charge in [0.2, 0.25) is 0 Å². The maximum Gasteiger partial charge on any atom is 0.255 e. The molecule has 1 aliphatic heterocycles. The Morgan fingerprint density at radius 1 is 1.59 bits per heavy atom. The van der Waals surface area contributed by atoms with Crippen LogP contribution in [0.5, 0.6) is 0 Å². The van der Waals surface area contributed by atoms with E-state index in [0.29, 0.717) is 17.2 Å². The molecule has 0 spiro atoms. The third-order valence-corrected chi connectivity index (χ3v) is 3.89. The molecule has 0 aliphatic carbocycles. The van der Waals surface area contributed by atoms with E-state index in [1.165, 1.54) is 0 Å². The van der Waals surface area contributed by atoms with Gasteiger partial charge in [0, 0.05) is 23.2 Å². The third kappa shape index (κ3) is 2.63. The summed E-state index contributed by atoms with van der Waals surface area (Å²) >= 11 is 3.34. The van der Waals surface area contributed by atoms with E-state index >= 15 is 0 Å². The van der Waals surface area contributed by atoms with Crippen LogP contribution in [0.3, 0.4) is 0 Å². The van der Waals surface area contributed by atoms with Crippen LogP contribution in [0.2, 0.25) is 0 Å². The van der Waals surface area contributed by atoms with Crippen LogP contribution in [-0.4, -0.2) is 23.9 Å². The molecule has 0 aromatic heterocycles. The monoisotopic (exact) mass is 296 g/mol. The number of hydrogen-bond acceptors (Lipinski definition) is 2. The van der Waals surface area contributed by atoms with Gasteiger partial charge in [0.25, 0.3) is 5.91 Å². The molecule has 1 atom stereocenters. The number of carbonyl (C=O) groups excluding carboxylic acids is 1. The first-order valence-electron chi connectivity index (χ1n) is 5.96. The largest absolute Gasteiger partial charge is 0.398 e. The summed E-state index contributed by atoms with van der Waals surface area (Å²) in [6.45, 7) is 3.89. The summed E-state index contributed by atoms with van der Waals surface area (Å²) in [4.78, 5) is 14.2. The lowest BCUT2D eigenvalue weighted by molar-refractivity contribution is 0.0788. The summed E-state index contributed by atoms with van der Waals surface area (Å²) in [5.74, 6) is 0.710. The SMILES string of the molecule is CCC1CCN(C(=O)c2ccc(Br)cc2N)C1. The van der Waals surface area contributed by atoms with E-state index in [1.807, 2.05) is 11.0 Å². The van der Waals surface area contributed by atoms with Gasteiger partial charge in [-0.05, 0) is 30.5 Å². The lowest BCUT2D eigenvalue weighted by atomic mass is 10.1. The number of likely N-dealkylation sites (tertiary alicyclic amines) is 1. The second kappa shape index (κ2) is 5.08. The molecule has 2 rings (SSSR count). The molecule has 1 aromatic carbocycles. The van der Waals surface area contributed by atoms with Crippen LogP contribution < -0.4 is 5.73 Å². The van der Waals surface area contributed by atoms with Crippen molar-refractivity contribution < 1.29 is 4.79 Å². The van der Waals surface area contributed by atoms with Crippen LogP contribution in [0.4, 0.5) is 5.69 Å². The van der Waals surface area contributed by atoms with Gasteiger partial charge in [-0.15, -0.1) is 0 Å². The minimum absolute atomic E-state index is 0.0611. The zero-order chi connectivity index (χ0) is 12.4. The minimum atomic E-state index is 0.0611. The molecule has 0 radical (unpaired) electrons. The number of amides is 1. The molecule has 1 fully saturated rings. The lowest BCUT2D eigenvalue weighted by Crippen LogP contribution is -2.29. The van der Waals surface area contributed by atoms with Gasteiger partial charge in [0.05, 0.1) is 5.56 Å². The number of benzene rings is 1. The fourth-order valence-corrected chi connectivity index (χ4v) is 2.63. The first-order valence-corrected chi connectivity index (χ1v) is 6.75. The van der Waals surface area contributed by atoms with Gasteiger partial charge in [0.15, 0.2) is 0 Å². The molecule has 1 saturated heterocycles. The molecular weight excluding hydrogens is 280 g/mol. The molecule has 1 aromatic rings. The van der Waals surface area contributed by atoms with Crippen molar-refractivity contribution in [1.82, 2.24) is 4.90 Å². The van der Waals surface area contributed by atoms with E-state index in [9.17, 15) is 4.79 Å². The van der Waals surface area contributed by atoms with Crippen molar-refractivity contribution in [2.45, 2.75) is 19.8 Å². The Labute approximate surface area is 110 Å². The number of nitrogen functional groups attached to an aromatic ring is 1. The summed E-state index contributed by atoms with van der Waals surface area (Å²) < 4.78 is 0.902. The minimum Gasteiger partial charge on any atom is -0.398 e. The van der Waals surface area contributed by atoms with Gasteiger partial charge in [-0.25, -0.2) is 0 Å². The highest BCUT2D eigenvalue weighted by atomic mass is 79.9. The van der Waals surface area contributed by atoms with Crippen molar-refractivity contribution in [3.63, 3.8) is 0 Å². The predicted octanol–water partition coefficient (Wildman–Crippen LogP) is 2.90. The average molecular weight is 297 g/mol. The van der Waals surface area contributed by atoms with Crippen LogP contribution in [0.25, 0.3) is 0 Å². The summed E-state index contributed by atoms with van der Waals surface area (Å²) in [6.07, 6.45) is 2.25. The number of anilines is 1. The number of nitrogens with zero attached hydrogens (tertiary/aromatic N) is 1. The quantitative estimate of drug-likeness (QED) is 0.853. The highest BCUT2D eigenvalue weighted by Crippen LogP contribution is 2.24. The topological polar surface area (TPSA) is 46.3 Å². The Morgan fingerprint density at radius 2 is 2.35 bits per heavy atom. The first kappa shape index (κ1) is 12.4. The van der Waals surface area contributed by atoms with Crippen molar-refractivity contribution in [2.24, 2.45) is 5.92 Å². The molecule has 92 valence electrons. The number of hydrogen-bond donors (Lipinski definition) is 1. The predicted molar refractivity (Wildman–Crippen MR) is 72.9 cm³/mol. The summed E-state index contributed by atoms with van der Waals surface area (Å²) in [5.41, 5.74) is 7.04. The van der Waals surface area contributed by atoms with Crippen molar-refractivity contribution in [1.29, 1.82) is 0 Å². The molecule has 3 nitrogen and oxygen atoms in total. The van der Waals surface area contributed by atoms with E-state index in [-0.39, 0.29) is 5.91 Å². The molecule has 2 N–H and O–H groups in total. The average Bonchev–Trinajstić information content (AvgIpc) is 2.76. The second-order valence-corrected chi connectivity index (χ2v) is 5.46. The van der Waals surface area contributed by atoms with Crippen LogP contribution in [0.1, 0.15) is 30.1 Å².